The van der Waals surface area contributed by atoms with Crippen molar-refractivity contribution >= 4 is 22.9 Å². The molecule has 1 fully saturated rings. The van der Waals surface area contributed by atoms with Gasteiger partial charge in [-0.05, 0) is 42.6 Å². The number of carbonyl (C=O) groups excluding carboxylic acids is 1. The molecule has 1 aromatic carbocycles. The van der Waals surface area contributed by atoms with E-state index in [-0.39, 0.29) is 11.9 Å². The van der Waals surface area contributed by atoms with Gasteiger partial charge < -0.3 is 19.9 Å². The van der Waals surface area contributed by atoms with E-state index in [2.05, 4.69) is 46.8 Å². The molecule has 1 aliphatic rings. The van der Waals surface area contributed by atoms with Gasteiger partial charge in [-0.25, -0.2) is 0 Å². The molecular formula is C21H30N3O2S+. The van der Waals surface area contributed by atoms with Crippen molar-refractivity contribution in [1.29, 1.82) is 0 Å². The first-order valence-electron chi connectivity index (χ1n) is 9.68. The molecule has 0 radical (unpaired) electrons. The number of thiophene rings is 1. The third-order valence-electron chi connectivity index (χ3n) is 5.34. The molecule has 0 unspecified atom stereocenters. The fraction of sp³-hybridized carbons (Fsp3) is 0.476. The summed E-state index contributed by atoms with van der Waals surface area (Å²) in [6.45, 7) is 8.18. The van der Waals surface area contributed by atoms with Crippen molar-refractivity contribution in [1.82, 2.24) is 5.32 Å². The topological polar surface area (TPSA) is 46.0 Å². The molecule has 2 heterocycles. The van der Waals surface area contributed by atoms with Gasteiger partial charge in [0.15, 0.2) is 0 Å². The lowest BCUT2D eigenvalue weighted by atomic mass is 10.0. The number of carbonyl (C=O) groups is 1. The molecule has 2 aromatic rings. The van der Waals surface area contributed by atoms with Crippen LogP contribution < -0.4 is 19.9 Å². The summed E-state index contributed by atoms with van der Waals surface area (Å²) >= 11 is 1.79. The molecule has 146 valence electrons. The second-order valence-electron chi connectivity index (χ2n) is 7.05. The van der Waals surface area contributed by atoms with Crippen molar-refractivity contribution in [2.24, 2.45) is 0 Å². The van der Waals surface area contributed by atoms with E-state index in [1.54, 1.807) is 23.3 Å². The van der Waals surface area contributed by atoms with Crippen LogP contribution in [0, 0.1) is 0 Å². The maximum absolute atomic E-state index is 11.9. The summed E-state index contributed by atoms with van der Waals surface area (Å²) in [4.78, 5) is 17.3. The van der Waals surface area contributed by atoms with Gasteiger partial charge in [-0.2, -0.15) is 0 Å². The number of hydrogen-bond acceptors (Lipinski definition) is 4. The van der Waals surface area contributed by atoms with E-state index in [0.29, 0.717) is 12.5 Å². The molecule has 1 saturated heterocycles. The van der Waals surface area contributed by atoms with Crippen molar-refractivity contribution in [2.45, 2.75) is 32.4 Å². The van der Waals surface area contributed by atoms with Crippen LogP contribution in [0.15, 0.2) is 41.8 Å². The van der Waals surface area contributed by atoms with Crippen LogP contribution >= 0.6 is 11.3 Å². The minimum Gasteiger partial charge on any atom is -0.497 e. The Hall–Kier alpha value is -2.05. The Morgan fingerprint density at radius 2 is 1.96 bits per heavy atom. The maximum Gasteiger partial charge on any atom is 0.220 e. The number of amides is 1. The zero-order valence-electron chi connectivity index (χ0n) is 16.4. The number of methoxy groups -OCH3 is 1. The molecule has 1 aromatic heterocycles. The predicted molar refractivity (Wildman–Crippen MR) is 111 cm³/mol. The molecule has 0 bridgehead atoms. The fourth-order valence-electron chi connectivity index (χ4n) is 3.86. The van der Waals surface area contributed by atoms with E-state index in [9.17, 15) is 4.79 Å². The Balaban J connectivity index is 1.67. The average molecular weight is 389 g/mol. The Morgan fingerprint density at radius 3 is 2.52 bits per heavy atom. The molecule has 27 heavy (non-hydrogen) atoms. The highest BCUT2D eigenvalue weighted by Crippen LogP contribution is 2.22. The van der Waals surface area contributed by atoms with Gasteiger partial charge in [0.1, 0.15) is 11.8 Å². The van der Waals surface area contributed by atoms with Crippen LogP contribution in [-0.2, 0) is 4.79 Å². The van der Waals surface area contributed by atoms with Crippen molar-refractivity contribution in [3.63, 3.8) is 0 Å². The van der Waals surface area contributed by atoms with Crippen LogP contribution in [0.3, 0.4) is 0 Å². The van der Waals surface area contributed by atoms with E-state index in [1.807, 2.05) is 19.1 Å². The zero-order valence-corrected chi connectivity index (χ0v) is 17.2. The van der Waals surface area contributed by atoms with Gasteiger partial charge in [0, 0.05) is 12.1 Å². The van der Waals surface area contributed by atoms with Crippen molar-refractivity contribution < 1.29 is 14.4 Å². The fourth-order valence-corrected chi connectivity index (χ4v) is 4.85. The summed E-state index contributed by atoms with van der Waals surface area (Å²) in [6, 6.07) is 13.0. The Morgan fingerprint density at radius 1 is 1.26 bits per heavy atom. The van der Waals surface area contributed by atoms with Gasteiger partial charge in [0.25, 0.3) is 0 Å². The van der Waals surface area contributed by atoms with Crippen LogP contribution in [0.1, 0.15) is 31.2 Å². The Kier molecular flexibility index (Phi) is 6.74. The maximum atomic E-state index is 11.9. The number of quaternary nitrogens is 1. The lowest BCUT2D eigenvalue weighted by Crippen LogP contribution is -3.16. The van der Waals surface area contributed by atoms with Crippen LogP contribution in [0.25, 0.3) is 0 Å². The van der Waals surface area contributed by atoms with Crippen molar-refractivity contribution in [3.8, 4) is 5.75 Å². The molecule has 1 aliphatic heterocycles. The quantitative estimate of drug-likeness (QED) is 0.764. The first kappa shape index (κ1) is 19.7. The summed E-state index contributed by atoms with van der Waals surface area (Å²) in [7, 11) is 1.69. The highest BCUT2D eigenvalue weighted by Gasteiger charge is 2.34. The van der Waals surface area contributed by atoms with Crippen LogP contribution in [0.5, 0.6) is 5.75 Å². The molecule has 3 rings (SSSR count). The predicted octanol–water partition coefficient (Wildman–Crippen LogP) is 2.12. The van der Waals surface area contributed by atoms with Gasteiger partial charge in [-0.3, -0.25) is 4.79 Å². The van der Waals surface area contributed by atoms with E-state index >= 15 is 0 Å². The minimum absolute atomic E-state index is 0.124. The summed E-state index contributed by atoms with van der Waals surface area (Å²) in [5.41, 5.74) is 1.25. The van der Waals surface area contributed by atoms with Gasteiger partial charge in [0.05, 0.1) is 44.2 Å². The van der Waals surface area contributed by atoms with E-state index in [1.165, 1.54) is 10.6 Å². The lowest BCUT2D eigenvalue weighted by molar-refractivity contribution is -0.933. The third-order valence-corrected chi connectivity index (χ3v) is 6.30. The number of nitrogens with one attached hydrogen (secondary N) is 2. The number of piperazine rings is 1. The number of ether oxygens (including phenoxy) is 1. The minimum atomic E-state index is 0.124. The van der Waals surface area contributed by atoms with Crippen LogP contribution in [0.2, 0.25) is 0 Å². The average Bonchev–Trinajstić information content (AvgIpc) is 3.23. The number of rotatable bonds is 7. The SMILES string of the molecule is CCC(=O)N[C@@H](C)[C@H](c1cccs1)[NH+]1CCN(c2ccc(OC)cc2)CC1. The monoisotopic (exact) mass is 388 g/mol. The van der Waals surface area contributed by atoms with E-state index in [0.717, 1.165) is 31.9 Å². The largest absolute Gasteiger partial charge is 0.497 e. The van der Waals surface area contributed by atoms with Gasteiger partial charge in [-0.15, -0.1) is 11.3 Å². The van der Waals surface area contributed by atoms with Crippen molar-refractivity contribution in [3.05, 3.63) is 46.7 Å². The lowest BCUT2D eigenvalue weighted by Gasteiger charge is -2.39. The molecule has 0 saturated carbocycles. The van der Waals surface area contributed by atoms with Crippen LogP contribution in [-0.4, -0.2) is 45.2 Å². The summed E-state index contributed by atoms with van der Waals surface area (Å²) in [5.74, 6) is 1.02. The molecule has 1 amide bonds. The van der Waals surface area contributed by atoms with Gasteiger partial charge in [0.2, 0.25) is 5.91 Å². The Labute approximate surface area is 165 Å². The summed E-state index contributed by atoms with van der Waals surface area (Å²) in [6.07, 6.45) is 0.530. The first-order valence-corrected chi connectivity index (χ1v) is 10.6. The normalized spacial score (nSPS) is 17.4. The second-order valence-corrected chi connectivity index (χ2v) is 8.03. The number of hydrogen-bond donors (Lipinski definition) is 2. The standard InChI is InChI=1S/C21H29N3O2S/c1-4-20(25)22-16(2)21(19-6-5-15-27-19)24-13-11-23(12-14-24)17-7-9-18(26-3)10-8-17/h5-10,15-16,21H,4,11-14H2,1-3H3,(H,22,25)/p+1/t16-,21+/m0/s1. The number of benzene rings is 1. The Bertz CT molecular complexity index is 710. The van der Waals surface area contributed by atoms with Gasteiger partial charge >= 0.3 is 0 Å². The second kappa shape index (κ2) is 9.24. The molecule has 0 aliphatic carbocycles. The van der Waals surface area contributed by atoms with Gasteiger partial charge in [-0.1, -0.05) is 13.0 Å². The first-order chi connectivity index (χ1) is 13.1. The molecule has 2 atom stereocenters. The number of anilines is 1. The highest BCUT2D eigenvalue weighted by atomic mass is 32.1. The van der Waals surface area contributed by atoms with Crippen LogP contribution in [0.4, 0.5) is 5.69 Å². The molecular weight excluding hydrogens is 358 g/mol. The smallest absolute Gasteiger partial charge is 0.220 e. The number of nitrogens with zero attached hydrogens (tertiary/aromatic N) is 1. The summed E-state index contributed by atoms with van der Waals surface area (Å²) in [5, 5.41) is 5.32. The van der Waals surface area contributed by atoms with E-state index < -0.39 is 0 Å². The van der Waals surface area contributed by atoms with E-state index in [4.69, 9.17) is 4.74 Å². The molecule has 6 heteroatoms. The third kappa shape index (κ3) is 4.82. The summed E-state index contributed by atoms with van der Waals surface area (Å²) < 4.78 is 5.26. The molecule has 0 spiro atoms. The molecule has 5 nitrogen and oxygen atoms in total. The molecule has 2 N–H and O–H groups in total. The van der Waals surface area contributed by atoms with Crippen molar-refractivity contribution in [2.75, 3.05) is 38.2 Å². The zero-order chi connectivity index (χ0) is 19.2. The highest BCUT2D eigenvalue weighted by molar-refractivity contribution is 7.10.